The average Bonchev–Trinajstić information content (AvgIpc) is 2.92. The topological polar surface area (TPSA) is 86.8 Å². The number of rotatable bonds is 12. The highest BCUT2D eigenvalue weighted by atomic mass is 35.5. The van der Waals surface area contributed by atoms with Gasteiger partial charge in [0.1, 0.15) is 12.6 Å². The Kier molecular flexibility index (Phi) is 11.5. The third kappa shape index (κ3) is 8.85. The molecule has 3 aromatic rings. The number of aryl methyl sites for hydroxylation is 1. The van der Waals surface area contributed by atoms with Crippen molar-refractivity contribution in [3.05, 3.63) is 98.5 Å². The molecule has 7 nitrogen and oxygen atoms in total. The molecule has 0 saturated heterocycles. The minimum Gasteiger partial charge on any atom is -0.352 e. The molecule has 2 amide bonds. The molecule has 1 N–H and O–H groups in total. The van der Waals surface area contributed by atoms with Crippen molar-refractivity contribution in [2.24, 2.45) is 0 Å². The van der Waals surface area contributed by atoms with Gasteiger partial charge in [-0.15, -0.1) is 0 Å². The summed E-state index contributed by atoms with van der Waals surface area (Å²) in [5.74, 6) is -0.979. The second kappa shape index (κ2) is 14.4. The average molecular weight is 639 g/mol. The molecular formula is C30H34Cl3N3O4S. The minimum absolute atomic E-state index is 0.116. The van der Waals surface area contributed by atoms with Crippen LogP contribution in [0.4, 0.5) is 5.69 Å². The normalized spacial score (nSPS) is 12.9. The maximum absolute atomic E-state index is 14.2. The van der Waals surface area contributed by atoms with Crippen LogP contribution in [0.2, 0.25) is 15.1 Å². The SMILES string of the molecule is CC[C@H](C)NC(=O)[C@@H](Cc1ccccc1)N(Cc1c(Cl)cccc1Cl)C(=O)CN(c1ccc(C)c(Cl)c1)S(C)(=O)=O. The van der Waals surface area contributed by atoms with E-state index in [-0.39, 0.29) is 30.6 Å². The van der Waals surface area contributed by atoms with Crippen LogP contribution in [0.3, 0.4) is 0 Å². The fourth-order valence-corrected chi connectivity index (χ4v) is 5.73. The van der Waals surface area contributed by atoms with Gasteiger partial charge in [0.25, 0.3) is 0 Å². The van der Waals surface area contributed by atoms with Crippen molar-refractivity contribution in [1.82, 2.24) is 10.2 Å². The number of hydrogen-bond acceptors (Lipinski definition) is 4. The quantitative estimate of drug-likeness (QED) is 0.253. The Morgan fingerprint density at radius 2 is 1.56 bits per heavy atom. The summed E-state index contributed by atoms with van der Waals surface area (Å²) in [5.41, 5.74) is 2.26. The number of nitrogens with one attached hydrogen (secondary N) is 1. The molecule has 0 spiro atoms. The van der Waals surface area contributed by atoms with Crippen LogP contribution >= 0.6 is 34.8 Å². The molecule has 0 aromatic heterocycles. The van der Waals surface area contributed by atoms with Crippen molar-refractivity contribution in [1.29, 1.82) is 0 Å². The van der Waals surface area contributed by atoms with Gasteiger partial charge in [-0.25, -0.2) is 8.42 Å². The van der Waals surface area contributed by atoms with Gasteiger partial charge in [-0.05, 0) is 55.7 Å². The number of anilines is 1. The summed E-state index contributed by atoms with van der Waals surface area (Å²) in [4.78, 5) is 29.3. The fourth-order valence-electron chi connectivity index (χ4n) is 4.20. The van der Waals surface area contributed by atoms with Gasteiger partial charge >= 0.3 is 0 Å². The third-order valence-electron chi connectivity index (χ3n) is 6.78. The van der Waals surface area contributed by atoms with Crippen LogP contribution in [0.25, 0.3) is 0 Å². The van der Waals surface area contributed by atoms with Crippen LogP contribution in [0.1, 0.15) is 37.0 Å². The third-order valence-corrected chi connectivity index (χ3v) is 9.04. The number of carbonyl (C=O) groups excluding carboxylic acids is 2. The molecule has 0 radical (unpaired) electrons. The molecule has 11 heteroatoms. The lowest BCUT2D eigenvalue weighted by molar-refractivity contribution is -0.140. The predicted molar refractivity (Wildman–Crippen MR) is 167 cm³/mol. The van der Waals surface area contributed by atoms with Gasteiger partial charge in [-0.1, -0.05) is 84.2 Å². The molecule has 0 aliphatic rings. The molecule has 0 bridgehead atoms. The van der Waals surface area contributed by atoms with E-state index in [1.807, 2.05) is 44.2 Å². The van der Waals surface area contributed by atoms with Crippen LogP contribution in [-0.2, 0) is 32.6 Å². The van der Waals surface area contributed by atoms with Crippen LogP contribution in [0, 0.1) is 6.92 Å². The summed E-state index contributed by atoms with van der Waals surface area (Å²) in [6.07, 6.45) is 1.89. The van der Waals surface area contributed by atoms with Crippen molar-refractivity contribution in [3.8, 4) is 0 Å². The molecule has 0 aliphatic heterocycles. The summed E-state index contributed by atoms with van der Waals surface area (Å²) in [6, 6.07) is 17.9. The van der Waals surface area contributed by atoms with Gasteiger partial charge < -0.3 is 10.2 Å². The second-order valence-corrected chi connectivity index (χ2v) is 13.1. The first-order valence-corrected chi connectivity index (χ1v) is 16.1. The lowest BCUT2D eigenvalue weighted by Gasteiger charge is -2.34. The lowest BCUT2D eigenvalue weighted by atomic mass is 10.0. The van der Waals surface area contributed by atoms with E-state index in [4.69, 9.17) is 34.8 Å². The monoisotopic (exact) mass is 637 g/mol. The van der Waals surface area contributed by atoms with E-state index in [9.17, 15) is 18.0 Å². The van der Waals surface area contributed by atoms with Gasteiger partial charge in [0.15, 0.2) is 0 Å². The number of halogens is 3. The first-order valence-electron chi connectivity index (χ1n) is 13.1. The molecular weight excluding hydrogens is 605 g/mol. The van der Waals surface area contributed by atoms with Crippen LogP contribution < -0.4 is 9.62 Å². The molecule has 0 aliphatic carbocycles. The largest absolute Gasteiger partial charge is 0.352 e. The zero-order valence-corrected chi connectivity index (χ0v) is 26.5. The smallest absolute Gasteiger partial charge is 0.244 e. The van der Waals surface area contributed by atoms with Gasteiger partial charge in [0, 0.05) is 39.6 Å². The zero-order chi connectivity index (χ0) is 30.3. The van der Waals surface area contributed by atoms with E-state index < -0.39 is 28.5 Å². The molecule has 0 fully saturated rings. The predicted octanol–water partition coefficient (Wildman–Crippen LogP) is 6.28. The Balaban J connectivity index is 2.12. The highest BCUT2D eigenvalue weighted by Gasteiger charge is 2.34. The molecule has 41 heavy (non-hydrogen) atoms. The Hall–Kier alpha value is -2.78. The van der Waals surface area contributed by atoms with Crippen molar-refractivity contribution in [2.45, 2.75) is 52.2 Å². The van der Waals surface area contributed by atoms with Crippen LogP contribution in [0.15, 0.2) is 66.7 Å². The van der Waals surface area contributed by atoms with E-state index in [0.717, 1.165) is 21.7 Å². The van der Waals surface area contributed by atoms with Crippen molar-refractivity contribution >= 4 is 62.3 Å². The fraction of sp³-hybridized carbons (Fsp3) is 0.333. The minimum atomic E-state index is -3.92. The number of carbonyl (C=O) groups is 2. The first kappa shape index (κ1) is 32.7. The van der Waals surface area contributed by atoms with Gasteiger partial charge in [0.2, 0.25) is 21.8 Å². The number of hydrogen-bond donors (Lipinski definition) is 1. The summed E-state index contributed by atoms with van der Waals surface area (Å²) in [6.45, 7) is 4.93. The van der Waals surface area contributed by atoms with Crippen LogP contribution in [0.5, 0.6) is 0 Å². The summed E-state index contributed by atoms with van der Waals surface area (Å²) < 4.78 is 26.8. The zero-order valence-electron chi connectivity index (χ0n) is 23.4. The molecule has 3 rings (SSSR count). The first-order chi connectivity index (χ1) is 19.3. The summed E-state index contributed by atoms with van der Waals surface area (Å²) in [5, 5.41) is 3.98. The highest BCUT2D eigenvalue weighted by Crippen LogP contribution is 2.29. The van der Waals surface area contributed by atoms with Crippen LogP contribution in [-0.4, -0.2) is 50.0 Å². The van der Waals surface area contributed by atoms with E-state index in [1.165, 1.54) is 11.0 Å². The molecule has 0 saturated carbocycles. The maximum atomic E-state index is 14.2. The Morgan fingerprint density at radius 1 is 0.927 bits per heavy atom. The molecule has 0 heterocycles. The van der Waals surface area contributed by atoms with Gasteiger partial charge in [-0.2, -0.15) is 0 Å². The highest BCUT2D eigenvalue weighted by molar-refractivity contribution is 7.92. The summed E-state index contributed by atoms with van der Waals surface area (Å²) in [7, 11) is -3.92. The molecule has 2 atom stereocenters. The molecule has 3 aromatic carbocycles. The number of nitrogens with zero attached hydrogens (tertiary/aromatic N) is 2. The number of sulfonamides is 1. The van der Waals surface area contributed by atoms with Crippen molar-refractivity contribution in [2.75, 3.05) is 17.1 Å². The Labute approximate surface area is 257 Å². The maximum Gasteiger partial charge on any atom is 0.244 e. The standard InChI is InChI=1S/C30H34Cl3N3O4S/c1-5-21(3)34-30(38)28(16-22-10-7-6-8-11-22)35(18-24-25(31)12-9-13-26(24)32)29(37)19-36(41(4,39)40)23-15-14-20(2)27(33)17-23/h6-15,17,21,28H,5,16,18-19H2,1-4H3,(H,34,38)/t21-,28+/m0/s1. The van der Waals surface area contributed by atoms with Gasteiger partial charge in [0.05, 0.1) is 11.9 Å². The van der Waals surface area contributed by atoms with E-state index in [2.05, 4.69) is 5.32 Å². The van der Waals surface area contributed by atoms with Gasteiger partial charge in [-0.3, -0.25) is 13.9 Å². The van der Waals surface area contributed by atoms with E-state index in [1.54, 1.807) is 37.3 Å². The van der Waals surface area contributed by atoms with Crippen molar-refractivity contribution in [3.63, 3.8) is 0 Å². The Morgan fingerprint density at radius 3 is 2.12 bits per heavy atom. The Bertz CT molecular complexity index is 1470. The molecule has 0 unspecified atom stereocenters. The second-order valence-electron chi connectivity index (χ2n) is 9.95. The molecule has 220 valence electrons. The lowest BCUT2D eigenvalue weighted by Crippen LogP contribution is -2.54. The summed E-state index contributed by atoms with van der Waals surface area (Å²) >= 11 is 19.3. The number of amides is 2. The van der Waals surface area contributed by atoms with E-state index in [0.29, 0.717) is 27.1 Å². The number of benzene rings is 3. The van der Waals surface area contributed by atoms with Crippen molar-refractivity contribution < 1.29 is 18.0 Å². The van der Waals surface area contributed by atoms with E-state index >= 15 is 0 Å².